The van der Waals surface area contributed by atoms with E-state index in [4.69, 9.17) is 0 Å². The number of anilines is 1. The van der Waals surface area contributed by atoms with Gasteiger partial charge >= 0.3 is 0 Å². The number of thiazole rings is 1. The first-order valence-electron chi connectivity index (χ1n) is 11.3. The first kappa shape index (κ1) is 22.7. The molecule has 0 unspecified atom stereocenters. The van der Waals surface area contributed by atoms with Gasteiger partial charge in [-0.05, 0) is 65.0 Å². The number of hydrogen-bond acceptors (Lipinski definition) is 7. The Bertz CT molecular complexity index is 1020. The molecule has 4 rings (SSSR count). The number of nitrogens with one attached hydrogen (secondary N) is 2. The molecular formula is C23H31N5O3S. The van der Waals surface area contributed by atoms with E-state index < -0.39 is 6.10 Å². The van der Waals surface area contributed by atoms with Crippen LogP contribution in [0.5, 0.6) is 0 Å². The molecule has 9 heteroatoms. The van der Waals surface area contributed by atoms with Crippen LogP contribution in [0.25, 0.3) is 10.4 Å². The quantitative estimate of drug-likeness (QED) is 0.615. The van der Waals surface area contributed by atoms with Gasteiger partial charge in [-0.1, -0.05) is 0 Å². The van der Waals surface area contributed by atoms with Gasteiger partial charge in [-0.3, -0.25) is 9.59 Å². The van der Waals surface area contributed by atoms with E-state index in [1.807, 2.05) is 38.7 Å². The molecule has 3 atom stereocenters. The minimum absolute atomic E-state index is 0.146. The predicted octanol–water partition coefficient (Wildman–Crippen LogP) is 3.21. The van der Waals surface area contributed by atoms with Crippen LogP contribution in [0.3, 0.4) is 0 Å². The van der Waals surface area contributed by atoms with E-state index in [0.717, 1.165) is 36.2 Å². The van der Waals surface area contributed by atoms with Gasteiger partial charge in [0, 0.05) is 30.4 Å². The molecule has 0 spiro atoms. The Balaban J connectivity index is 1.70. The average molecular weight is 458 g/mol. The highest BCUT2D eigenvalue weighted by Gasteiger charge is 2.34. The maximum atomic E-state index is 13.4. The Morgan fingerprint density at radius 2 is 2.06 bits per heavy atom. The summed E-state index contributed by atoms with van der Waals surface area (Å²) in [5.41, 5.74) is 2.06. The Morgan fingerprint density at radius 3 is 2.62 bits per heavy atom. The second-order valence-corrected chi connectivity index (χ2v) is 10.1. The number of amides is 2. The summed E-state index contributed by atoms with van der Waals surface area (Å²) in [6.07, 6.45) is 4.60. The highest BCUT2D eigenvalue weighted by atomic mass is 32.1. The number of nitrogens with zero attached hydrogens (tertiary/aromatic N) is 3. The second-order valence-electron chi connectivity index (χ2n) is 9.09. The van der Waals surface area contributed by atoms with Gasteiger partial charge in [0.2, 0.25) is 0 Å². The van der Waals surface area contributed by atoms with Crippen LogP contribution in [-0.2, 0) is 0 Å². The molecule has 2 aromatic heterocycles. The number of pyridine rings is 1. The summed E-state index contributed by atoms with van der Waals surface area (Å²) in [4.78, 5) is 37.8. The molecule has 0 aromatic carbocycles. The van der Waals surface area contributed by atoms with Gasteiger partial charge in [-0.25, -0.2) is 9.97 Å². The van der Waals surface area contributed by atoms with E-state index >= 15 is 0 Å². The lowest BCUT2D eigenvalue weighted by Crippen LogP contribution is -2.50. The number of rotatable bonds is 6. The fourth-order valence-corrected chi connectivity index (χ4v) is 5.20. The van der Waals surface area contributed by atoms with Gasteiger partial charge in [-0.15, -0.1) is 11.3 Å². The number of carbonyl (C=O) groups excluding carboxylic acids is 2. The molecule has 1 saturated carbocycles. The molecule has 1 aliphatic heterocycles. The van der Waals surface area contributed by atoms with Crippen LogP contribution < -0.4 is 10.6 Å². The van der Waals surface area contributed by atoms with Gasteiger partial charge in [0.25, 0.3) is 11.8 Å². The highest BCUT2D eigenvalue weighted by molar-refractivity contribution is 7.17. The maximum Gasteiger partial charge on any atom is 0.280 e. The summed E-state index contributed by atoms with van der Waals surface area (Å²) in [6.45, 7) is 8.81. The van der Waals surface area contributed by atoms with Crippen molar-refractivity contribution in [2.45, 2.75) is 77.6 Å². The molecule has 0 bridgehead atoms. The number of aliphatic hydroxyl groups excluding tert-OH is 1. The van der Waals surface area contributed by atoms with Crippen LogP contribution in [0.2, 0.25) is 0 Å². The lowest BCUT2D eigenvalue weighted by atomic mass is 9.89. The lowest BCUT2D eigenvalue weighted by molar-refractivity contribution is 0.0447. The molecule has 2 aromatic rings. The largest absolute Gasteiger partial charge is 0.391 e. The monoisotopic (exact) mass is 457 g/mol. The van der Waals surface area contributed by atoms with Gasteiger partial charge in [0.1, 0.15) is 11.5 Å². The zero-order valence-electron chi connectivity index (χ0n) is 19.0. The van der Waals surface area contributed by atoms with Crippen LogP contribution >= 0.6 is 11.3 Å². The van der Waals surface area contributed by atoms with Crippen molar-refractivity contribution in [1.29, 1.82) is 0 Å². The molecule has 2 fully saturated rings. The Hall–Kier alpha value is -2.52. The van der Waals surface area contributed by atoms with Crippen molar-refractivity contribution >= 4 is 29.0 Å². The summed E-state index contributed by atoms with van der Waals surface area (Å²) in [7, 11) is 0. The minimum Gasteiger partial charge on any atom is -0.391 e. The molecule has 32 heavy (non-hydrogen) atoms. The molecule has 0 radical (unpaired) electrons. The number of aromatic nitrogens is 2. The van der Waals surface area contributed by atoms with Crippen LogP contribution in [0.4, 0.5) is 5.82 Å². The van der Waals surface area contributed by atoms with E-state index in [1.165, 1.54) is 11.3 Å². The van der Waals surface area contributed by atoms with E-state index in [-0.39, 0.29) is 34.9 Å². The van der Waals surface area contributed by atoms with Crippen molar-refractivity contribution < 1.29 is 14.7 Å². The molecule has 8 nitrogen and oxygen atoms in total. The molecule has 172 valence electrons. The van der Waals surface area contributed by atoms with Gasteiger partial charge in [0.05, 0.1) is 17.0 Å². The van der Waals surface area contributed by atoms with E-state index in [2.05, 4.69) is 20.6 Å². The van der Waals surface area contributed by atoms with Crippen molar-refractivity contribution in [1.82, 2.24) is 20.2 Å². The number of aliphatic hydroxyl groups is 1. The van der Waals surface area contributed by atoms with Crippen LogP contribution in [0.15, 0.2) is 12.3 Å². The maximum absolute atomic E-state index is 13.4. The van der Waals surface area contributed by atoms with E-state index in [1.54, 1.807) is 6.20 Å². The number of aryl methyl sites for hydroxylation is 1. The summed E-state index contributed by atoms with van der Waals surface area (Å²) in [6, 6.07) is 2.10. The third-order valence-electron chi connectivity index (χ3n) is 6.18. The van der Waals surface area contributed by atoms with Crippen molar-refractivity contribution in [2.24, 2.45) is 0 Å². The third-order valence-corrected chi connectivity index (χ3v) is 7.27. The van der Waals surface area contributed by atoms with Crippen molar-refractivity contribution in [2.75, 3.05) is 11.9 Å². The minimum atomic E-state index is -0.516. The molecule has 3 heterocycles. The Labute approximate surface area is 192 Å². The van der Waals surface area contributed by atoms with Crippen LogP contribution in [-0.4, -0.2) is 62.6 Å². The summed E-state index contributed by atoms with van der Waals surface area (Å²) in [5, 5.41) is 16.2. The van der Waals surface area contributed by atoms with E-state index in [9.17, 15) is 14.7 Å². The molecule has 2 amide bonds. The van der Waals surface area contributed by atoms with Crippen molar-refractivity contribution in [3.63, 3.8) is 0 Å². The molecule has 2 aliphatic rings. The molecule has 1 aliphatic carbocycles. The molecule has 1 saturated heterocycles. The number of likely N-dealkylation sites (tertiary alicyclic amines) is 1. The normalized spacial score (nSPS) is 22.7. The predicted molar refractivity (Wildman–Crippen MR) is 125 cm³/mol. The molecule has 3 N–H and O–H groups in total. The number of hydrogen-bond donors (Lipinski definition) is 3. The first-order chi connectivity index (χ1) is 15.2. The number of carbonyl (C=O) groups is 2. The Kier molecular flexibility index (Phi) is 6.48. The zero-order valence-corrected chi connectivity index (χ0v) is 19.8. The van der Waals surface area contributed by atoms with Crippen LogP contribution in [0, 0.1) is 6.92 Å². The standard InChI is InChI=1S/C23H31N5O3S/c1-12(2)25-18-10-13(3)15(11-24-18)20-19(23(31)28-9-5-6-14(28)4)27-22(32-20)21(30)26-16-7-8-17(16)29/h10-12,14,16-17,29H,5-9H2,1-4H3,(H,24,25)(H,26,30)/t14-,16-,17+/m0/s1. The third kappa shape index (κ3) is 4.49. The smallest absolute Gasteiger partial charge is 0.280 e. The lowest BCUT2D eigenvalue weighted by Gasteiger charge is -2.32. The van der Waals surface area contributed by atoms with Gasteiger partial charge < -0.3 is 20.6 Å². The topological polar surface area (TPSA) is 107 Å². The van der Waals surface area contributed by atoms with Crippen molar-refractivity contribution in [3.05, 3.63) is 28.5 Å². The average Bonchev–Trinajstić information content (AvgIpc) is 3.36. The summed E-state index contributed by atoms with van der Waals surface area (Å²) < 4.78 is 0. The van der Waals surface area contributed by atoms with Gasteiger partial charge in [-0.2, -0.15) is 0 Å². The van der Waals surface area contributed by atoms with Crippen LogP contribution in [0.1, 0.15) is 72.3 Å². The highest BCUT2D eigenvalue weighted by Crippen LogP contribution is 2.35. The summed E-state index contributed by atoms with van der Waals surface area (Å²) >= 11 is 1.21. The fourth-order valence-electron chi connectivity index (χ4n) is 4.17. The first-order valence-corrected chi connectivity index (χ1v) is 12.1. The fraction of sp³-hybridized carbons (Fsp3) is 0.565. The SMILES string of the molecule is Cc1cc(NC(C)C)ncc1-c1sc(C(=O)N[C@H]2CC[C@H]2O)nc1C(=O)N1CCC[C@@H]1C. The van der Waals surface area contributed by atoms with E-state index in [0.29, 0.717) is 23.5 Å². The Morgan fingerprint density at radius 1 is 1.28 bits per heavy atom. The van der Waals surface area contributed by atoms with Gasteiger partial charge in [0.15, 0.2) is 5.01 Å². The summed E-state index contributed by atoms with van der Waals surface area (Å²) in [5.74, 6) is 0.272. The van der Waals surface area contributed by atoms with Crippen molar-refractivity contribution in [3.8, 4) is 10.4 Å². The molecular weight excluding hydrogens is 426 g/mol. The second kappa shape index (κ2) is 9.15. The zero-order chi connectivity index (χ0) is 23.0.